The minimum Gasteiger partial charge on any atom is -0.396 e. The number of carbonyl (C=O) groups excluding carboxylic acids is 1. The molecule has 0 heterocycles. The summed E-state index contributed by atoms with van der Waals surface area (Å²) in [6.07, 6.45) is 0.419. The highest BCUT2D eigenvalue weighted by atomic mass is 19.1. The third-order valence-corrected chi connectivity index (χ3v) is 1.77. The number of amides is 1. The Balaban J connectivity index is 2.60. The molecule has 0 fully saturated rings. The Kier molecular flexibility index (Phi) is 4.17. The Morgan fingerprint density at radius 2 is 2.13 bits per heavy atom. The molecule has 0 spiro atoms. The molecule has 0 aliphatic rings. The van der Waals surface area contributed by atoms with Crippen molar-refractivity contribution >= 4 is 11.6 Å². The highest BCUT2D eigenvalue weighted by Crippen LogP contribution is 2.15. The van der Waals surface area contributed by atoms with E-state index >= 15 is 0 Å². The maximum atomic E-state index is 13.0. The van der Waals surface area contributed by atoms with E-state index in [-0.39, 0.29) is 18.7 Å². The largest absolute Gasteiger partial charge is 0.396 e. The van der Waals surface area contributed by atoms with E-state index in [0.29, 0.717) is 12.5 Å². The Bertz CT molecular complexity index is 355. The molecule has 1 aromatic rings. The van der Waals surface area contributed by atoms with Crippen LogP contribution >= 0.6 is 0 Å². The number of hydrogen-bond donors (Lipinski definition) is 2. The summed E-state index contributed by atoms with van der Waals surface area (Å²) in [5.74, 6) is -1.91. The minimum atomic E-state index is -0.813. The highest BCUT2D eigenvalue weighted by Gasteiger charge is 2.07. The molecule has 0 unspecified atom stereocenters. The Labute approximate surface area is 85.7 Å². The standard InChI is InChI=1S/C10H11F2NO2/c11-7-3-4-9(8(12)6-7)13-10(15)2-1-5-14/h3-4,6,14H,1-2,5H2,(H,13,15). The van der Waals surface area contributed by atoms with Crippen LogP contribution < -0.4 is 5.32 Å². The van der Waals surface area contributed by atoms with Gasteiger partial charge in [-0.05, 0) is 18.6 Å². The quantitative estimate of drug-likeness (QED) is 0.802. The van der Waals surface area contributed by atoms with E-state index in [1.54, 1.807) is 0 Å². The molecule has 0 bridgehead atoms. The summed E-state index contributed by atoms with van der Waals surface area (Å²) in [5.41, 5.74) is -0.0562. The zero-order chi connectivity index (χ0) is 11.3. The summed E-state index contributed by atoms with van der Waals surface area (Å²) in [6, 6.07) is 2.91. The predicted molar refractivity (Wildman–Crippen MR) is 51.3 cm³/mol. The number of hydrogen-bond acceptors (Lipinski definition) is 2. The van der Waals surface area contributed by atoms with E-state index in [0.717, 1.165) is 12.1 Å². The number of aliphatic hydroxyl groups excluding tert-OH is 1. The van der Waals surface area contributed by atoms with Crippen molar-refractivity contribution in [2.75, 3.05) is 11.9 Å². The monoisotopic (exact) mass is 215 g/mol. The van der Waals surface area contributed by atoms with Gasteiger partial charge in [0, 0.05) is 19.1 Å². The molecule has 0 aromatic heterocycles. The molecule has 0 saturated heterocycles. The van der Waals surface area contributed by atoms with Crippen LogP contribution in [0.4, 0.5) is 14.5 Å². The van der Waals surface area contributed by atoms with Gasteiger partial charge in [0.2, 0.25) is 5.91 Å². The van der Waals surface area contributed by atoms with Crippen molar-refractivity contribution in [2.24, 2.45) is 0 Å². The molecule has 0 saturated carbocycles. The first kappa shape index (κ1) is 11.6. The third kappa shape index (κ3) is 3.63. The molecule has 15 heavy (non-hydrogen) atoms. The van der Waals surface area contributed by atoms with Crippen molar-refractivity contribution < 1.29 is 18.7 Å². The zero-order valence-electron chi connectivity index (χ0n) is 7.96. The van der Waals surface area contributed by atoms with Crippen molar-refractivity contribution in [2.45, 2.75) is 12.8 Å². The lowest BCUT2D eigenvalue weighted by Gasteiger charge is -2.05. The first-order chi connectivity index (χ1) is 7.13. The van der Waals surface area contributed by atoms with Gasteiger partial charge in [0.15, 0.2) is 0 Å². The maximum Gasteiger partial charge on any atom is 0.224 e. The van der Waals surface area contributed by atoms with Crippen molar-refractivity contribution in [3.8, 4) is 0 Å². The first-order valence-corrected chi connectivity index (χ1v) is 4.49. The number of aliphatic hydroxyl groups is 1. The lowest BCUT2D eigenvalue weighted by molar-refractivity contribution is -0.116. The summed E-state index contributed by atoms with van der Waals surface area (Å²) >= 11 is 0. The van der Waals surface area contributed by atoms with E-state index in [4.69, 9.17) is 5.11 Å². The number of benzene rings is 1. The molecule has 1 rings (SSSR count). The second-order valence-electron chi connectivity index (χ2n) is 3.00. The lowest BCUT2D eigenvalue weighted by Crippen LogP contribution is -2.12. The Hall–Kier alpha value is -1.49. The Morgan fingerprint density at radius 3 is 2.73 bits per heavy atom. The molecule has 2 N–H and O–H groups in total. The van der Waals surface area contributed by atoms with Crippen LogP contribution in [0.3, 0.4) is 0 Å². The highest BCUT2D eigenvalue weighted by molar-refractivity contribution is 5.90. The van der Waals surface area contributed by atoms with E-state index < -0.39 is 17.5 Å². The molecule has 1 amide bonds. The van der Waals surface area contributed by atoms with Crippen LogP contribution in [0.5, 0.6) is 0 Å². The number of anilines is 1. The zero-order valence-corrected chi connectivity index (χ0v) is 7.96. The summed E-state index contributed by atoms with van der Waals surface area (Å²) in [7, 11) is 0. The summed E-state index contributed by atoms with van der Waals surface area (Å²) in [5, 5.41) is 10.7. The molecular formula is C10H11F2NO2. The minimum absolute atomic E-state index is 0.0562. The number of halogens is 2. The normalized spacial score (nSPS) is 10.1. The van der Waals surface area contributed by atoms with Crippen LogP contribution in [-0.4, -0.2) is 17.6 Å². The fourth-order valence-corrected chi connectivity index (χ4v) is 1.04. The lowest BCUT2D eigenvalue weighted by atomic mass is 10.2. The fraction of sp³-hybridized carbons (Fsp3) is 0.300. The molecule has 82 valence electrons. The number of rotatable bonds is 4. The molecule has 0 atom stereocenters. The van der Waals surface area contributed by atoms with Gasteiger partial charge in [-0.1, -0.05) is 0 Å². The Morgan fingerprint density at radius 1 is 1.40 bits per heavy atom. The van der Waals surface area contributed by atoms with E-state index in [1.807, 2.05) is 0 Å². The molecular weight excluding hydrogens is 204 g/mol. The smallest absolute Gasteiger partial charge is 0.224 e. The molecule has 0 radical (unpaired) electrons. The fourth-order valence-electron chi connectivity index (χ4n) is 1.04. The predicted octanol–water partition coefficient (Wildman–Crippen LogP) is 1.68. The molecule has 5 heteroatoms. The second-order valence-corrected chi connectivity index (χ2v) is 3.00. The first-order valence-electron chi connectivity index (χ1n) is 4.49. The molecule has 1 aromatic carbocycles. The van der Waals surface area contributed by atoms with Gasteiger partial charge in [0.05, 0.1) is 5.69 Å². The summed E-state index contributed by atoms with van der Waals surface area (Å²) < 4.78 is 25.5. The van der Waals surface area contributed by atoms with Crippen LogP contribution in [0, 0.1) is 11.6 Å². The topological polar surface area (TPSA) is 49.3 Å². The van der Waals surface area contributed by atoms with Crippen LogP contribution in [0.2, 0.25) is 0 Å². The van der Waals surface area contributed by atoms with Gasteiger partial charge in [0.25, 0.3) is 0 Å². The number of nitrogens with one attached hydrogen (secondary N) is 1. The summed E-state index contributed by atoms with van der Waals surface area (Å²) in [6.45, 7) is -0.0979. The van der Waals surface area contributed by atoms with Crippen molar-refractivity contribution in [1.29, 1.82) is 0 Å². The SMILES string of the molecule is O=C(CCCO)Nc1ccc(F)cc1F. The van der Waals surface area contributed by atoms with Gasteiger partial charge < -0.3 is 10.4 Å². The number of carbonyl (C=O) groups is 1. The van der Waals surface area contributed by atoms with Crippen molar-refractivity contribution in [1.82, 2.24) is 0 Å². The van der Waals surface area contributed by atoms with Gasteiger partial charge in [0.1, 0.15) is 11.6 Å². The van der Waals surface area contributed by atoms with Gasteiger partial charge in [-0.15, -0.1) is 0 Å². The van der Waals surface area contributed by atoms with E-state index in [1.165, 1.54) is 0 Å². The molecule has 0 aliphatic carbocycles. The van der Waals surface area contributed by atoms with Gasteiger partial charge >= 0.3 is 0 Å². The van der Waals surface area contributed by atoms with Crippen LogP contribution in [0.1, 0.15) is 12.8 Å². The van der Waals surface area contributed by atoms with E-state index in [9.17, 15) is 13.6 Å². The van der Waals surface area contributed by atoms with Gasteiger partial charge in [-0.25, -0.2) is 8.78 Å². The van der Waals surface area contributed by atoms with Crippen molar-refractivity contribution in [3.05, 3.63) is 29.8 Å². The van der Waals surface area contributed by atoms with E-state index in [2.05, 4.69) is 5.32 Å². The average molecular weight is 215 g/mol. The molecule has 3 nitrogen and oxygen atoms in total. The van der Waals surface area contributed by atoms with Gasteiger partial charge in [-0.3, -0.25) is 4.79 Å². The van der Waals surface area contributed by atoms with Crippen LogP contribution in [0.15, 0.2) is 18.2 Å². The van der Waals surface area contributed by atoms with Crippen LogP contribution in [0.25, 0.3) is 0 Å². The summed E-state index contributed by atoms with van der Waals surface area (Å²) in [4.78, 5) is 11.1. The van der Waals surface area contributed by atoms with Crippen LogP contribution in [-0.2, 0) is 4.79 Å². The van der Waals surface area contributed by atoms with Gasteiger partial charge in [-0.2, -0.15) is 0 Å². The third-order valence-electron chi connectivity index (χ3n) is 1.77. The second kappa shape index (κ2) is 5.41. The molecule has 0 aliphatic heterocycles. The average Bonchev–Trinajstić information content (AvgIpc) is 2.19. The maximum absolute atomic E-state index is 13.0. The van der Waals surface area contributed by atoms with Crippen molar-refractivity contribution in [3.63, 3.8) is 0 Å².